The Bertz CT molecular complexity index is 1060. The highest BCUT2D eigenvalue weighted by Crippen LogP contribution is 2.38. The molecule has 2 atom stereocenters. The molecule has 33 heavy (non-hydrogen) atoms. The summed E-state index contributed by atoms with van der Waals surface area (Å²) in [6.07, 6.45) is -0.634. The summed E-state index contributed by atoms with van der Waals surface area (Å²) in [6.45, 7) is 3.59. The topological polar surface area (TPSA) is 54.3 Å². The lowest BCUT2D eigenvalue weighted by molar-refractivity contribution is -0.124. The third-order valence-corrected chi connectivity index (χ3v) is 5.97. The van der Waals surface area contributed by atoms with Crippen LogP contribution in [0.25, 0.3) is 5.57 Å². The van der Waals surface area contributed by atoms with Crippen molar-refractivity contribution in [1.82, 2.24) is 5.32 Å². The van der Waals surface area contributed by atoms with Crippen molar-refractivity contribution in [2.24, 2.45) is 5.92 Å². The fraction of sp³-hybridized carbons (Fsp3) is 0.375. The van der Waals surface area contributed by atoms with Gasteiger partial charge in [0, 0.05) is 12.6 Å². The highest BCUT2D eigenvalue weighted by atomic mass is 31.0. The molecular formula is C24H27F4N2O2P. The van der Waals surface area contributed by atoms with Crippen LogP contribution in [0.1, 0.15) is 61.0 Å². The minimum atomic E-state index is -4.34. The van der Waals surface area contributed by atoms with Crippen molar-refractivity contribution in [3.8, 4) is 0 Å². The first-order valence-electron chi connectivity index (χ1n) is 10.6. The zero-order valence-electron chi connectivity index (χ0n) is 18.6. The van der Waals surface area contributed by atoms with Crippen molar-refractivity contribution < 1.29 is 26.8 Å². The smallest absolute Gasteiger partial charge is 0.392 e. The van der Waals surface area contributed by atoms with E-state index in [0.717, 1.165) is 24.5 Å². The van der Waals surface area contributed by atoms with Gasteiger partial charge in [0.25, 0.3) is 5.91 Å². The van der Waals surface area contributed by atoms with Crippen LogP contribution in [0, 0.1) is 11.7 Å². The fourth-order valence-corrected chi connectivity index (χ4v) is 3.96. The second kappa shape index (κ2) is 10.1. The van der Waals surface area contributed by atoms with E-state index in [2.05, 4.69) is 19.9 Å². The van der Waals surface area contributed by atoms with E-state index in [1.165, 1.54) is 18.2 Å². The number of rotatable bonds is 8. The molecule has 1 aromatic heterocycles. The van der Waals surface area contributed by atoms with Crippen LogP contribution < -0.4 is 15.9 Å². The maximum absolute atomic E-state index is 14.2. The second-order valence-corrected chi connectivity index (χ2v) is 8.84. The number of benzene rings is 1. The average Bonchev–Trinajstić information content (AvgIpc) is 3.46. The van der Waals surface area contributed by atoms with Crippen molar-refractivity contribution in [3.05, 3.63) is 64.9 Å². The number of alkyl halides is 3. The zero-order chi connectivity index (χ0) is 24.3. The van der Waals surface area contributed by atoms with Gasteiger partial charge in [-0.2, -0.15) is 13.2 Å². The normalized spacial score (nSPS) is 16.0. The molecule has 1 saturated carbocycles. The molecule has 1 aromatic carbocycles. The average molecular weight is 482 g/mol. The Labute approximate surface area is 192 Å². The molecule has 178 valence electrons. The monoisotopic (exact) mass is 482 g/mol. The first-order valence-corrected chi connectivity index (χ1v) is 11.2. The third kappa shape index (κ3) is 6.70. The quantitative estimate of drug-likeness (QED) is 0.270. The Balaban J connectivity index is 1.78. The van der Waals surface area contributed by atoms with E-state index in [0.29, 0.717) is 28.0 Å². The van der Waals surface area contributed by atoms with E-state index in [-0.39, 0.29) is 11.5 Å². The van der Waals surface area contributed by atoms with Crippen LogP contribution in [0.3, 0.4) is 0 Å². The van der Waals surface area contributed by atoms with Crippen molar-refractivity contribution in [1.29, 1.82) is 0 Å². The lowest BCUT2D eigenvalue weighted by atomic mass is 10.1. The summed E-state index contributed by atoms with van der Waals surface area (Å²) in [4.78, 5) is 12.7. The van der Waals surface area contributed by atoms with Crippen LogP contribution in [-0.2, 0) is 0 Å². The molecule has 1 heterocycles. The number of anilines is 1. The third-order valence-electron chi connectivity index (χ3n) is 5.51. The van der Waals surface area contributed by atoms with Gasteiger partial charge in [-0.25, -0.2) is 4.39 Å². The van der Waals surface area contributed by atoms with Gasteiger partial charge in [-0.15, -0.1) is 9.24 Å². The summed E-state index contributed by atoms with van der Waals surface area (Å²) >= 11 is 0. The number of allylic oxidation sites excluding steroid dienone is 4. The first-order chi connectivity index (χ1) is 15.5. The molecule has 0 bridgehead atoms. The molecule has 0 radical (unpaired) electrons. The summed E-state index contributed by atoms with van der Waals surface area (Å²) in [5.74, 6) is -0.456. The van der Waals surface area contributed by atoms with Gasteiger partial charge in [0.2, 0.25) is 0 Å². The Morgan fingerprint density at radius 3 is 2.52 bits per heavy atom. The van der Waals surface area contributed by atoms with Gasteiger partial charge in [0.05, 0.1) is 18.2 Å². The molecule has 0 saturated heterocycles. The van der Waals surface area contributed by atoms with Gasteiger partial charge in [-0.05, 0) is 67.7 Å². The number of nitrogens with one attached hydrogen (secondary N) is 2. The van der Waals surface area contributed by atoms with Crippen LogP contribution >= 0.6 is 9.24 Å². The molecule has 1 aliphatic rings. The molecule has 3 rings (SSSR count). The van der Waals surface area contributed by atoms with Gasteiger partial charge in [-0.3, -0.25) is 4.79 Å². The highest BCUT2D eigenvalue weighted by Gasteiger charge is 2.27. The minimum absolute atomic E-state index is 0.0364. The van der Waals surface area contributed by atoms with Crippen molar-refractivity contribution >= 4 is 31.7 Å². The van der Waals surface area contributed by atoms with Gasteiger partial charge in [0.1, 0.15) is 11.6 Å². The van der Waals surface area contributed by atoms with Gasteiger partial charge >= 0.3 is 6.18 Å². The minimum Gasteiger partial charge on any atom is -0.451 e. The second-order valence-electron chi connectivity index (χ2n) is 8.22. The van der Waals surface area contributed by atoms with E-state index in [9.17, 15) is 22.4 Å². The summed E-state index contributed by atoms with van der Waals surface area (Å²) < 4.78 is 58.2. The molecule has 1 fully saturated rings. The SMILES string of the molecule is CNc1c(F)cc(C(C)NC(=O)c2ccc(C(=C/CC(F)(F)F)/C=C(\C)C3CC3)o2)cc1P. The molecule has 0 spiro atoms. The largest absolute Gasteiger partial charge is 0.451 e. The highest BCUT2D eigenvalue weighted by molar-refractivity contribution is 7.28. The number of amides is 1. The number of carbonyl (C=O) groups excluding carboxylic acids is 1. The Morgan fingerprint density at radius 2 is 1.94 bits per heavy atom. The number of halogens is 4. The predicted octanol–water partition coefficient (Wildman–Crippen LogP) is 6.14. The van der Waals surface area contributed by atoms with Crippen LogP contribution in [0.2, 0.25) is 0 Å². The van der Waals surface area contributed by atoms with E-state index in [1.54, 1.807) is 26.1 Å². The molecule has 2 unspecified atom stereocenters. The Morgan fingerprint density at radius 1 is 1.27 bits per heavy atom. The molecule has 1 amide bonds. The first kappa shape index (κ1) is 25.0. The van der Waals surface area contributed by atoms with Crippen LogP contribution in [0.4, 0.5) is 23.2 Å². The van der Waals surface area contributed by atoms with E-state index in [4.69, 9.17) is 4.42 Å². The van der Waals surface area contributed by atoms with Crippen LogP contribution in [0.5, 0.6) is 0 Å². The molecule has 2 N–H and O–H groups in total. The van der Waals surface area contributed by atoms with Gasteiger partial charge < -0.3 is 15.1 Å². The van der Waals surface area contributed by atoms with E-state index >= 15 is 0 Å². The Hall–Kier alpha value is -2.60. The van der Waals surface area contributed by atoms with E-state index in [1.807, 2.05) is 6.92 Å². The maximum Gasteiger partial charge on any atom is 0.392 e. The summed E-state index contributed by atoms with van der Waals surface area (Å²) in [5.41, 5.74) is 2.19. The summed E-state index contributed by atoms with van der Waals surface area (Å²) in [7, 11) is 4.06. The van der Waals surface area contributed by atoms with Crippen molar-refractivity contribution in [3.63, 3.8) is 0 Å². The summed E-state index contributed by atoms with van der Waals surface area (Å²) in [5, 5.41) is 6.13. The van der Waals surface area contributed by atoms with Crippen LogP contribution in [0.15, 0.2) is 46.4 Å². The van der Waals surface area contributed by atoms with Crippen molar-refractivity contribution in [2.45, 2.75) is 45.3 Å². The molecule has 2 aromatic rings. The van der Waals surface area contributed by atoms with Gasteiger partial charge in [0.15, 0.2) is 5.76 Å². The van der Waals surface area contributed by atoms with E-state index < -0.39 is 30.4 Å². The standard InChI is InChI=1S/C24H27F4N2O2P/c1-13(15-4-5-15)10-16(8-9-24(26,27)28)19-6-7-20(32-19)23(31)30-14(2)17-11-18(25)22(29-3)21(33)12-17/h6-8,10-12,14-15,29H,4-5,9,33H2,1-3H3,(H,30,31)/b13-10+,16-8+. The molecule has 1 aliphatic carbocycles. The lowest BCUT2D eigenvalue weighted by Crippen LogP contribution is -2.27. The Kier molecular flexibility index (Phi) is 7.68. The van der Waals surface area contributed by atoms with Crippen LogP contribution in [-0.4, -0.2) is 19.1 Å². The molecular weight excluding hydrogens is 455 g/mol. The van der Waals surface area contributed by atoms with Gasteiger partial charge in [-0.1, -0.05) is 17.7 Å². The summed E-state index contributed by atoms with van der Waals surface area (Å²) in [6, 6.07) is 5.46. The number of hydrogen-bond acceptors (Lipinski definition) is 3. The zero-order valence-corrected chi connectivity index (χ0v) is 19.8. The molecule has 0 aliphatic heterocycles. The maximum atomic E-state index is 14.2. The predicted molar refractivity (Wildman–Crippen MR) is 125 cm³/mol. The number of carbonyl (C=O) groups is 1. The number of hydrogen-bond donors (Lipinski definition) is 2. The molecule has 4 nitrogen and oxygen atoms in total. The van der Waals surface area contributed by atoms with Crippen molar-refractivity contribution in [2.75, 3.05) is 12.4 Å². The lowest BCUT2D eigenvalue weighted by Gasteiger charge is -2.16. The fourth-order valence-electron chi connectivity index (χ4n) is 3.49. The number of furan rings is 1. The molecule has 9 heteroatoms.